The van der Waals surface area contributed by atoms with Gasteiger partial charge in [-0.05, 0) is 30.2 Å². The minimum atomic E-state index is -0.690. The number of hydrogen-bond acceptors (Lipinski definition) is 5. The second-order valence-corrected chi connectivity index (χ2v) is 5.78. The Morgan fingerprint density at radius 3 is 2.27 bits per heavy atom. The summed E-state index contributed by atoms with van der Waals surface area (Å²) in [7, 11) is 3.06. The SMILES string of the molecule is COc1ccc(CCN2C(=O)C(O)=C(c3ccccc3OC)C2=O)cc1. The van der Waals surface area contributed by atoms with Crippen LogP contribution in [0.5, 0.6) is 11.5 Å². The Morgan fingerprint density at radius 2 is 1.62 bits per heavy atom. The number of carbonyl (C=O) groups is 2. The van der Waals surface area contributed by atoms with Crippen LogP contribution >= 0.6 is 0 Å². The minimum Gasteiger partial charge on any atom is -0.502 e. The fourth-order valence-corrected chi connectivity index (χ4v) is 2.89. The number of ether oxygens (including phenoxy) is 2. The largest absolute Gasteiger partial charge is 0.502 e. The van der Waals surface area contributed by atoms with Crippen LogP contribution in [0, 0.1) is 0 Å². The van der Waals surface area contributed by atoms with Gasteiger partial charge in [-0.2, -0.15) is 0 Å². The van der Waals surface area contributed by atoms with E-state index in [1.807, 2.05) is 24.3 Å². The van der Waals surface area contributed by atoms with Crippen LogP contribution < -0.4 is 9.47 Å². The van der Waals surface area contributed by atoms with Gasteiger partial charge in [0.15, 0.2) is 5.76 Å². The van der Waals surface area contributed by atoms with Gasteiger partial charge in [0.05, 0.1) is 19.8 Å². The molecule has 6 heteroatoms. The van der Waals surface area contributed by atoms with E-state index in [2.05, 4.69) is 0 Å². The zero-order valence-electron chi connectivity index (χ0n) is 14.6. The summed E-state index contributed by atoms with van der Waals surface area (Å²) in [5, 5.41) is 10.2. The Balaban J connectivity index is 1.79. The number of methoxy groups -OCH3 is 2. The average Bonchev–Trinajstić information content (AvgIpc) is 2.89. The summed E-state index contributed by atoms with van der Waals surface area (Å²) in [6.45, 7) is 0.173. The predicted octanol–water partition coefficient (Wildman–Crippen LogP) is 2.58. The third-order valence-electron chi connectivity index (χ3n) is 4.30. The summed E-state index contributed by atoms with van der Waals surface area (Å²) in [6.07, 6.45) is 0.480. The van der Waals surface area contributed by atoms with E-state index in [1.54, 1.807) is 31.4 Å². The van der Waals surface area contributed by atoms with Crippen LogP contribution in [0.3, 0.4) is 0 Å². The maximum atomic E-state index is 12.7. The summed E-state index contributed by atoms with van der Waals surface area (Å²) in [5.74, 6) is -0.601. The average molecular weight is 353 g/mol. The van der Waals surface area contributed by atoms with E-state index in [0.29, 0.717) is 17.7 Å². The molecule has 0 unspecified atom stereocenters. The summed E-state index contributed by atoms with van der Waals surface area (Å²) in [6, 6.07) is 14.2. The highest BCUT2D eigenvalue weighted by Crippen LogP contribution is 2.33. The van der Waals surface area contributed by atoms with Crippen molar-refractivity contribution in [2.45, 2.75) is 6.42 Å². The lowest BCUT2D eigenvalue weighted by Gasteiger charge is -2.15. The molecule has 1 N–H and O–H groups in total. The molecule has 134 valence electrons. The summed E-state index contributed by atoms with van der Waals surface area (Å²) in [4.78, 5) is 26.1. The van der Waals surface area contributed by atoms with Gasteiger partial charge in [0.25, 0.3) is 11.8 Å². The van der Waals surface area contributed by atoms with Gasteiger partial charge in [0.1, 0.15) is 11.5 Å². The predicted molar refractivity (Wildman–Crippen MR) is 96.0 cm³/mol. The third kappa shape index (κ3) is 3.13. The van der Waals surface area contributed by atoms with Gasteiger partial charge < -0.3 is 14.6 Å². The van der Waals surface area contributed by atoms with Crippen molar-refractivity contribution in [3.05, 3.63) is 65.4 Å². The van der Waals surface area contributed by atoms with Gasteiger partial charge in [-0.25, -0.2) is 0 Å². The molecule has 0 saturated carbocycles. The number of hydrogen-bond donors (Lipinski definition) is 1. The Morgan fingerprint density at radius 1 is 0.923 bits per heavy atom. The maximum Gasteiger partial charge on any atom is 0.296 e. The molecule has 1 aliphatic heterocycles. The highest BCUT2D eigenvalue weighted by atomic mass is 16.5. The van der Waals surface area contributed by atoms with Crippen LogP contribution in [0.2, 0.25) is 0 Å². The first-order valence-electron chi connectivity index (χ1n) is 8.12. The highest BCUT2D eigenvalue weighted by molar-refractivity contribution is 6.35. The van der Waals surface area contributed by atoms with Crippen molar-refractivity contribution in [3.8, 4) is 11.5 Å². The summed E-state index contributed by atoms with van der Waals surface area (Å²) < 4.78 is 10.3. The quantitative estimate of drug-likeness (QED) is 0.808. The van der Waals surface area contributed by atoms with Crippen LogP contribution in [0.25, 0.3) is 5.57 Å². The first-order valence-corrected chi connectivity index (χ1v) is 8.12. The molecule has 1 heterocycles. The topological polar surface area (TPSA) is 76.1 Å². The lowest BCUT2D eigenvalue weighted by molar-refractivity contribution is -0.138. The van der Waals surface area contributed by atoms with Gasteiger partial charge in [0, 0.05) is 12.1 Å². The Bertz CT molecular complexity index is 870. The standard InChI is InChI=1S/C20H19NO5/c1-25-14-9-7-13(8-10-14)11-12-21-19(23)17(18(22)20(21)24)15-5-3-4-6-16(15)26-2/h3-10,22H,11-12H2,1-2H3. The molecule has 0 atom stereocenters. The molecule has 6 nitrogen and oxygen atoms in total. The van der Waals surface area contributed by atoms with Gasteiger partial charge in [0.2, 0.25) is 0 Å². The molecule has 0 aliphatic carbocycles. The fourth-order valence-electron chi connectivity index (χ4n) is 2.89. The molecule has 0 spiro atoms. The van der Waals surface area contributed by atoms with Crippen molar-refractivity contribution in [2.75, 3.05) is 20.8 Å². The number of nitrogens with zero attached hydrogens (tertiary/aromatic N) is 1. The molecule has 26 heavy (non-hydrogen) atoms. The van der Waals surface area contributed by atoms with Gasteiger partial charge in [-0.15, -0.1) is 0 Å². The van der Waals surface area contributed by atoms with E-state index < -0.39 is 17.6 Å². The Hall–Kier alpha value is -3.28. The minimum absolute atomic E-state index is 0.0258. The molecule has 0 fully saturated rings. The Labute approximate surface area is 151 Å². The van der Waals surface area contributed by atoms with E-state index >= 15 is 0 Å². The first kappa shape index (κ1) is 17.5. The molecule has 0 saturated heterocycles. The first-order chi connectivity index (χ1) is 12.6. The normalized spacial score (nSPS) is 14.2. The van der Waals surface area contributed by atoms with Crippen molar-refractivity contribution in [3.63, 3.8) is 0 Å². The maximum absolute atomic E-state index is 12.7. The van der Waals surface area contributed by atoms with Crippen LogP contribution in [-0.4, -0.2) is 42.6 Å². The number of benzene rings is 2. The van der Waals surface area contributed by atoms with Crippen LogP contribution in [-0.2, 0) is 16.0 Å². The highest BCUT2D eigenvalue weighted by Gasteiger charge is 2.39. The molecule has 0 bridgehead atoms. The van der Waals surface area contributed by atoms with Gasteiger partial charge in [-0.3, -0.25) is 14.5 Å². The zero-order valence-corrected chi connectivity index (χ0v) is 14.6. The Kier molecular flexibility index (Phi) is 4.93. The summed E-state index contributed by atoms with van der Waals surface area (Å²) >= 11 is 0. The van der Waals surface area contributed by atoms with Crippen LogP contribution in [0.4, 0.5) is 0 Å². The van der Waals surface area contributed by atoms with Crippen molar-refractivity contribution in [1.82, 2.24) is 4.90 Å². The number of amides is 2. The molecule has 2 amide bonds. The second kappa shape index (κ2) is 7.31. The van der Waals surface area contributed by atoms with Crippen molar-refractivity contribution in [1.29, 1.82) is 0 Å². The lowest BCUT2D eigenvalue weighted by atomic mass is 10.0. The van der Waals surface area contributed by atoms with Gasteiger partial charge >= 0.3 is 0 Å². The molecule has 0 radical (unpaired) electrons. The van der Waals surface area contributed by atoms with Crippen LogP contribution in [0.15, 0.2) is 54.3 Å². The van der Waals surface area contributed by atoms with E-state index in [4.69, 9.17) is 9.47 Å². The molecule has 3 rings (SSSR count). The van der Waals surface area contributed by atoms with Gasteiger partial charge in [-0.1, -0.05) is 30.3 Å². The molecule has 0 aromatic heterocycles. The number of imide groups is 1. The molecule has 1 aliphatic rings. The monoisotopic (exact) mass is 353 g/mol. The zero-order chi connectivity index (χ0) is 18.7. The van der Waals surface area contributed by atoms with Crippen LogP contribution in [0.1, 0.15) is 11.1 Å². The number of aliphatic hydroxyl groups is 1. The molecular formula is C20H19NO5. The third-order valence-corrected chi connectivity index (χ3v) is 4.30. The van der Waals surface area contributed by atoms with E-state index in [0.717, 1.165) is 16.2 Å². The smallest absolute Gasteiger partial charge is 0.296 e. The van der Waals surface area contributed by atoms with E-state index in [9.17, 15) is 14.7 Å². The van der Waals surface area contributed by atoms with E-state index in [-0.39, 0.29) is 12.1 Å². The van der Waals surface area contributed by atoms with Crippen molar-refractivity contribution >= 4 is 17.4 Å². The fraction of sp³-hybridized carbons (Fsp3) is 0.200. The lowest BCUT2D eigenvalue weighted by Crippen LogP contribution is -2.33. The summed E-state index contributed by atoms with van der Waals surface area (Å²) in [5.41, 5.74) is 1.33. The van der Waals surface area contributed by atoms with Crippen molar-refractivity contribution in [2.24, 2.45) is 0 Å². The second-order valence-electron chi connectivity index (χ2n) is 5.78. The number of carbonyl (C=O) groups excluding carboxylic acids is 2. The molecule has 2 aromatic rings. The number of para-hydroxylation sites is 1. The van der Waals surface area contributed by atoms with E-state index in [1.165, 1.54) is 7.11 Å². The molecule has 2 aromatic carbocycles. The number of aliphatic hydroxyl groups excluding tert-OH is 1. The number of rotatable bonds is 6. The van der Waals surface area contributed by atoms with Crippen molar-refractivity contribution < 1.29 is 24.2 Å². The molecular weight excluding hydrogens is 334 g/mol.